The Morgan fingerprint density at radius 2 is 2.39 bits per heavy atom. The zero-order chi connectivity index (χ0) is 12.8. The highest BCUT2D eigenvalue weighted by atomic mass is 35.5. The molecule has 2 nitrogen and oxygen atoms in total. The molecule has 0 aromatic carbocycles. The summed E-state index contributed by atoms with van der Waals surface area (Å²) in [7, 11) is 2.27. The van der Waals surface area contributed by atoms with Gasteiger partial charge in [-0.15, -0.1) is 22.9 Å². The Balaban J connectivity index is 1.60. The van der Waals surface area contributed by atoms with Crippen LogP contribution in [-0.4, -0.2) is 41.0 Å². The van der Waals surface area contributed by atoms with E-state index in [4.69, 9.17) is 11.6 Å². The van der Waals surface area contributed by atoms with Gasteiger partial charge in [-0.25, -0.2) is 4.98 Å². The molecule has 0 amide bonds. The first-order chi connectivity index (χ1) is 8.79. The van der Waals surface area contributed by atoms with Crippen LogP contribution in [0.4, 0.5) is 0 Å². The van der Waals surface area contributed by atoms with Crippen molar-refractivity contribution in [2.45, 2.75) is 37.6 Å². The third-order valence-corrected chi connectivity index (χ3v) is 5.79. The van der Waals surface area contributed by atoms with Crippen LogP contribution in [0.3, 0.4) is 0 Å². The zero-order valence-corrected chi connectivity index (χ0v) is 13.3. The summed E-state index contributed by atoms with van der Waals surface area (Å²) in [6.45, 7) is 1.22. The highest BCUT2D eigenvalue weighted by molar-refractivity contribution is 7.99. The van der Waals surface area contributed by atoms with Crippen LogP contribution in [0, 0.1) is 0 Å². The van der Waals surface area contributed by atoms with Crippen LogP contribution < -0.4 is 0 Å². The Morgan fingerprint density at radius 3 is 3.06 bits per heavy atom. The van der Waals surface area contributed by atoms with Crippen molar-refractivity contribution in [3.63, 3.8) is 0 Å². The molecule has 102 valence electrons. The fourth-order valence-electron chi connectivity index (χ4n) is 2.21. The van der Waals surface area contributed by atoms with Gasteiger partial charge in [0, 0.05) is 17.2 Å². The van der Waals surface area contributed by atoms with Gasteiger partial charge >= 0.3 is 0 Å². The van der Waals surface area contributed by atoms with Crippen LogP contribution >= 0.6 is 34.7 Å². The lowest BCUT2D eigenvalue weighted by Crippen LogP contribution is -2.32. The maximum Gasteiger partial charge on any atom is 0.0928 e. The minimum atomic E-state index is 0.540. The summed E-state index contributed by atoms with van der Waals surface area (Å²) < 4.78 is 0. The molecule has 0 bridgehead atoms. The van der Waals surface area contributed by atoms with Gasteiger partial charge in [-0.3, -0.25) is 0 Å². The highest BCUT2D eigenvalue weighted by Crippen LogP contribution is 2.21. The van der Waals surface area contributed by atoms with Crippen LogP contribution in [0.25, 0.3) is 0 Å². The molecular formula is C13H21ClN2S2. The van der Waals surface area contributed by atoms with Crippen LogP contribution in [0.5, 0.6) is 0 Å². The molecule has 1 fully saturated rings. The first-order valence-electron chi connectivity index (χ1n) is 6.57. The van der Waals surface area contributed by atoms with E-state index in [1.165, 1.54) is 42.3 Å². The van der Waals surface area contributed by atoms with Crippen LogP contribution in [0.1, 0.15) is 30.0 Å². The zero-order valence-electron chi connectivity index (χ0n) is 10.9. The number of hydrogen-bond donors (Lipinski definition) is 0. The van der Waals surface area contributed by atoms with Crippen LogP contribution in [0.15, 0.2) is 5.38 Å². The predicted molar refractivity (Wildman–Crippen MR) is 83.0 cm³/mol. The molecule has 0 saturated carbocycles. The van der Waals surface area contributed by atoms with Gasteiger partial charge in [0.1, 0.15) is 0 Å². The van der Waals surface area contributed by atoms with Crippen molar-refractivity contribution < 1.29 is 0 Å². The van der Waals surface area contributed by atoms with E-state index in [2.05, 4.69) is 34.1 Å². The lowest BCUT2D eigenvalue weighted by molar-refractivity contribution is 0.257. The predicted octanol–water partition coefficient (Wildman–Crippen LogP) is 3.64. The van der Waals surface area contributed by atoms with Gasteiger partial charge in [-0.2, -0.15) is 11.8 Å². The largest absolute Gasteiger partial charge is 0.303 e. The molecule has 1 aliphatic heterocycles. The van der Waals surface area contributed by atoms with Crippen molar-refractivity contribution in [3.05, 3.63) is 16.1 Å². The fourth-order valence-corrected chi connectivity index (χ4v) is 4.58. The number of nitrogens with zero attached hydrogens (tertiary/aromatic N) is 2. The second kappa shape index (κ2) is 7.73. The molecule has 2 rings (SSSR count). The minimum Gasteiger partial charge on any atom is -0.303 e. The maximum absolute atomic E-state index is 5.75. The van der Waals surface area contributed by atoms with Crippen molar-refractivity contribution in [2.75, 3.05) is 25.1 Å². The Bertz CT molecular complexity index is 351. The third kappa shape index (κ3) is 4.41. The van der Waals surface area contributed by atoms with Gasteiger partial charge in [-0.05, 0) is 45.0 Å². The van der Waals surface area contributed by atoms with E-state index in [0.29, 0.717) is 5.88 Å². The standard InChI is InChI=1S/C13H21ClN2S2/c1-16(12-5-7-17-10-12)6-3-2-4-13-15-11(8-14)9-18-13/h9,12H,2-8,10H2,1H3. The lowest BCUT2D eigenvalue weighted by Gasteiger charge is -2.23. The van der Waals surface area contributed by atoms with Crippen molar-refractivity contribution >= 4 is 34.7 Å². The van der Waals surface area contributed by atoms with E-state index >= 15 is 0 Å². The smallest absolute Gasteiger partial charge is 0.0928 e. The summed E-state index contributed by atoms with van der Waals surface area (Å²) in [5.41, 5.74) is 1.02. The van der Waals surface area contributed by atoms with Crippen molar-refractivity contribution in [3.8, 4) is 0 Å². The van der Waals surface area contributed by atoms with E-state index in [-0.39, 0.29) is 0 Å². The summed E-state index contributed by atoms with van der Waals surface area (Å²) in [4.78, 5) is 7.03. The molecule has 18 heavy (non-hydrogen) atoms. The number of aryl methyl sites for hydroxylation is 1. The lowest BCUT2D eigenvalue weighted by atomic mass is 10.2. The number of thiazole rings is 1. The molecule has 0 aliphatic carbocycles. The Hall–Kier alpha value is 0.230. The highest BCUT2D eigenvalue weighted by Gasteiger charge is 2.19. The monoisotopic (exact) mass is 304 g/mol. The molecule has 5 heteroatoms. The van der Waals surface area contributed by atoms with E-state index in [0.717, 1.165) is 18.2 Å². The quantitative estimate of drug-likeness (QED) is 0.565. The van der Waals surface area contributed by atoms with Gasteiger partial charge < -0.3 is 4.90 Å². The molecule has 1 aromatic rings. The van der Waals surface area contributed by atoms with Crippen molar-refractivity contribution in [2.24, 2.45) is 0 Å². The van der Waals surface area contributed by atoms with Crippen LogP contribution in [-0.2, 0) is 12.3 Å². The number of rotatable bonds is 7. The normalized spacial score (nSPS) is 19.8. The van der Waals surface area contributed by atoms with E-state index in [9.17, 15) is 0 Å². The van der Waals surface area contributed by atoms with Gasteiger partial charge in [0.2, 0.25) is 0 Å². The first-order valence-corrected chi connectivity index (χ1v) is 9.13. The molecular weight excluding hydrogens is 284 g/mol. The van der Waals surface area contributed by atoms with Gasteiger partial charge in [0.15, 0.2) is 0 Å². The Kier molecular flexibility index (Phi) is 6.29. The summed E-state index contributed by atoms with van der Waals surface area (Å²) >= 11 is 9.59. The summed E-state index contributed by atoms with van der Waals surface area (Å²) in [5.74, 6) is 3.20. The molecule has 1 unspecified atom stereocenters. The van der Waals surface area contributed by atoms with Gasteiger partial charge in [0.05, 0.1) is 16.6 Å². The SMILES string of the molecule is CN(CCCCc1nc(CCl)cs1)C1CCSC1. The Labute approximate surface area is 123 Å². The second-order valence-corrected chi connectivity index (χ2v) is 7.18. The maximum atomic E-state index is 5.75. The Morgan fingerprint density at radius 1 is 1.50 bits per heavy atom. The molecule has 1 atom stereocenters. The first kappa shape index (κ1) is 14.6. The summed E-state index contributed by atoms with van der Waals surface area (Å²) in [5, 5.41) is 3.31. The number of alkyl halides is 1. The van der Waals surface area contributed by atoms with Gasteiger partial charge in [-0.1, -0.05) is 0 Å². The molecule has 1 saturated heterocycles. The van der Waals surface area contributed by atoms with E-state index < -0.39 is 0 Å². The third-order valence-electron chi connectivity index (χ3n) is 3.42. The average Bonchev–Trinajstić information content (AvgIpc) is 3.05. The molecule has 0 N–H and O–H groups in total. The fraction of sp³-hybridized carbons (Fsp3) is 0.769. The average molecular weight is 305 g/mol. The second-order valence-electron chi connectivity index (χ2n) is 4.82. The number of unbranched alkanes of at least 4 members (excludes halogenated alkanes) is 1. The molecule has 1 aliphatic rings. The van der Waals surface area contributed by atoms with Crippen molar-refractivity contribution in [1.82, 2.24) is 9.88 Å². The number of aromatic nitrogens is 1. The summed E-state index contributed by atoms with van der Waals surface area (Å²) in [6, 6.07) is 0.817. The molecule has 2 heterocycles. The van der Waals surface area contributed by atoms with E-state index in [1.54, 1.807) is 11.3 Å². The molecule has 0 spiro atoms. The topological polar surface area (TPSA) is 16.1 Å². The van der Waals surface area contributed by atoms with Crippen molar-refractivity contribution in [1.29, 1.82) is 0 Å². The minimum absolute atomic E-state index is 0.540. The molecule has 1 aromatic heterocycles. The van der Waals surface area contributed by atoms with Crippen LogP contribution in [0.2, 0.25) is 0 Å². The molecule has 0 radical (unpaired) electrons. The van der Waals surface area contributed by atoms with Gasteiger partial charge in [0.25, 0.3) is 0 Å². The number of hydrogen-bond acceptors (Lipinski definition) is 4. The number of thioether (sulfide) groups is 1. The van der Waals surface area contributed by atoms with E-state index in [1.807, 2.05) is 0 Å². The summed E-state index contributed by atoms with van der Waals surface area (Å²) in [6.07, 6.45) is 4.98. The number of halogens is 1.